The number of pyridine rings is 1. The summed E-state index contributed by atoms with van der Waals surface area (Å²) in [4.78, 5) is 28.1. The zero-order valence-corrected chi connectivity index (χ0v) is 13.8. The van der Waals surface area contributed by atoms with E-state index >= 15 is 0 Å². The molecule has 26 heavy (non-hydrogen) atoms. The number of rotatable bonds is 5. The minimum Gasteiger partial charge on any atom is -0.496 e. The fourth-order valence-electron chi connectivity index (χ4n) is 2.34. The standard InChI is InChI=1S/C18H15FN4O3/c1-26-15-10-12(19)5-6-13(15)14-7-8-18(25)23(22-14)11-17(24)21-16-4-2-3-9-20-16/h2-10H,11H2,1H3,(H,20,21,24). The van der Waals surface area contributed by atoms with Crippen LogP contribution >= 0.6 is 0 Å². The fourth-order valence-corrected chi connectivity index (χ4v) is 2.34. The van der Waals surface area contributed by atoms with Crippen molar-refractivity contribution in [2.75, 3.05) is 12.4 Å². The van der Waals surface area contributed by atoms with Crippen LogP contribution in [0.2, 0.25) is 0 Å². The van der Waals surface area contributed by atoms with Gasteiger partial charge in [-0.3, -0.25) is 9.59 Å². The summed E-state index contributed by atoms with van der Waals surface area (Å²) in [6.07, 6.45) is 1.54. The molecule has 8 heteroatoms. The average Bonchev–Trinajstić information content (AvgIpc) is 2.64. The lowest BCUT2D eigenvalue weighted by atomic mass is 10.1. The van der Waals surface area contributed by atoms with Gasteiger partial charge in [-0.25, -0.2) is 14.1 Å². The number of nitrogens with one attached hydrogen (secondary N) is 1. The van der Waals surface area contributed by atoms with E-state index in [9.17, 15) is 14.0 Å². The van der Waals surface area contributed by atoms with Crippen LogP contribution in [0, 0.1) is 5.82 Å². The first kappa shape index (κ1) is 17.3. The number of ether oxygens (including phenoxy) is 1. The van der Waals surface area contributed by atoms with E-state index < -0.39 is 17.3 Å². The third-order valence-electron chi connectivity index (χ3n) is 3.53. The first-order valence-corrected chi connectivity index (χ1v) is 7.70. The summed E-state index contributed by atoms with van der Waals surface area (Å²) in [6, 6.07) is 11.9. The van der Waals surface area contributed by atoms with Gasteiger partial charge < -0.3 is 10.1 Å². The van der Waals surface area contributed by atoms with Gasteiger partial charge in [0.25, 0.3) is 5.56 Å². The number of hydrogen-bond donors (Lipinski definition) is 1. The van der Waals surface area contributed by atoms with Gasteiger partial charge in [0, 0.05) is 23.9 Å². The Kier molecular flexibility index (Phi) is 5.02. The SMILES string of the molecule is COc1cc(F)ccc1-c1ccc(=O)n(CC(=O)Nc2ccccn2)n1. The normalized spacial score (nSPS) is 10.4. The maximum atomic E-state index is 13.4. The molecule has 2 aromatic heterocycles. The zero-order valence-electron chi connectivity index (χ0n) is 13.8. The van der Waals surface area contributed by atoms with Crippen LogP contribution in [-0.4, -0.2) is 27.8 Å². The van der Waals surface area contributed by atoms with E-state index in [1.165, 1.54) is 37.4 Å². The first-order chi connectivity index (χ1) is 12.6. The van der Waals surface area contributed by atoms with Crippen LogP contribution < -0.4 is 15.6 Å². The van der Waals surface area contributed by atoms with Crippen molar-refractivity contribution in [2.45, 2.75) is 6.54 Å². The fraction of sp³-hybridized carbons (Fsp3) is 0.111. The summed E-state index contributed by atoms with van der Waals surface area (Å²) in [7, 11) is 1.41. The lowest BCUT2D eigenvalue weighted by molar-refractivity contribution is -0.117. The van der Waals surface area contributed by atoms with E-state index in [1.807, 2.05) is 0 Å². The van der Waals surface area contributed by atoms with Crippen molar-refractivity contribution in [3.8, 4) is 17.0 Å². The van der Waals surface area contributed by atoms with E-state index in [2.05, 4.69) is 15.4 Å². The van der Waals surface area contributed by atoms with Crippen LogP contribution in [0.1, 0.15) is 0 Å². The van der Waals surface area contributed by atoms with Crippen LogP contribution in [0.4, 0.5) is 10.2 Å². The van der Waals surface area contributed by atoms with Crippen molar-refractivity contribution >= 4 is 11.7 Å². The number of amides is 1. The highest BCUT2D eigenvalue weighted by Crippen LogP contribution is 2.28. The highest BCUT2D eigenvalue weighted by molar-refractivity contribution is 5.89. The van der Waals surface area contributed by atoms with Crippen LogP contribution in [-0.2, 0) is 11.3 Å². The van der Waals surface area contributed by atoms with Crippen molar-refractivity contribution in [3.05, 3.63) is 70.9 Å². The number of anilines is 1. The van der Waals surface area contributed by atoms with Crippen molar-refractivity contribution in [3.63, 3.8) is 0 Å². The Hall–Kier alpha value is -3.55. The highest BCUT2D eigenvalue weighted by atomic mass is 19.1. The van der Waals surface area contributed by atoms with Crippen molar-refractivity contribution < 1.29 is 13.9 Å². The van der Waals surface area contributed by atoms with Gasteiger partial charge in [-0.15, -0.1) is 0 Å². The maximum Gasteiger partial charge on any atom is 0.267 e. The number of methoxy groups -OCH3 is 1. The van der Waals surface area contributed by atoms with Crippen molar-refractivity contribution in [1.29, 1.82) is 0 Å². The van der Waals surface area contributed by atoms with E-state index in [1.54, 1.807) is 24.4 Å². The minimum atomic E-state index is -0.450. The lowest BCUT2D eigenvalue weighted by Gasteiger charge is -2.10. The number of benzene rings is 1. The second kappa shape index (κ2) is 7.56. The molecule has 132 valence electrons. The van der Waals surface area contributed by atoms with E-state index in [0.29, 0.717) is 17.1 Å². The monoisotopic (exact) mass is 354 g/mol. The Morgan fingerprint density at radius 1 is 1.23 bits per heavy atom. The third kappa shape index (κ3) is 3.92. The molecule has 0 aliphatic rings. The van der Waals surface area contributed by atoms with Crippen molar-refractivity contribution in [1.82, 2.24) is 14.8 Å². The highest BCUT2D eigenvalue weighted by Gasteiger charge is 2.12. The first-order valence-electron chi connectivity index (χ1n) is 7.70. The number of halogens is 1. The van der Waals surface area contributed by atoms with Crippen LogP contribution in [0.25, 0.3) is 11.3 Å². The molecule has 2 heterocycles. The molecule has 0 radical (unpaired) electrons. The molecule has 0 aliphatic heterocycles. The molecule has 0 saturated heterocycles. The van der Waals surface area contributed by atoms with Gasteiger partial charge in [-0.05, 0) is 30.3 Å². The second-order valence-electron chi connectivity index (χ2n) is 5.32. The van der Waals surface area contributed by atoms with Gasteiger partial charge in [0.05, 0.1) is 12.8 Å². The van der Waals surface area contributed by atoms with E-state index in [-0.39, 0.29) is 12.3 Å². The van der Waals surface area contributed by atoms with Crippen molar-refractivity contribution in [2.24, 2.45) is 0 Å². The molecule has 0 bridgehead atoms. The Morgan fingerprint density at radius 2 is 2.08 bits per heavy atom. The molecule has 0 saturated carbocycles. The van der Waals surface area contributed by atoms with E-state index in [0.717, 1.165) is 4.68 Å². The van der Waals surface area contributed by atoms with E-state index in [4.69, 9.17) is 4.74 Å². The molecular weight excluding hydrogens is 339 g/mol. The predicted octanol–water partition coefficient (Wildman–Crippen LogP) is 2.09. The summed E-state index contributed by atoms with van der Waals surface area (Å²) in [6.45, 7) is -0.285. The molecule has 3 rings (SSSR count). The van der Waals surface area contributed by atoms with Gasteiger partial charge in [0.15, 0.2) is 0 Å². The van der Waals surface area contributed by atoms with Gasteiger partial charge >= 0.3 is 0 Å². The molecule has 1 N–H and O–H groups in total. The third-order valence-corrected chi connectivity index (χ3v) is 3.53. The quantitative estimate of drug-likeness (QED) is 0.758. The Bertz CT molecular complexity index is 989. The smallest absolute Gasteiger partial charge is 0.267 e. The summed E-state index contributed by atoms with van der Waals surface area (Å²) in [5, 5.41) is 6.77. The molecule has 0 atom stereocenters. The number of hydrogen-bond acceptors (Lipinski definition) is 5. The summed E-state index contributed by atoms with van der Waals surface area (Å²) in [5.41, 5.74) is 0.450. The topological polar surface area (TPSA) is 86.1 Å². The Balaban J connectivity index is 1.86. The summed E-state index contributed by atoms with van der Waals surface area (Å²) >= 11 is 0. The van der Waals surface area contributed by atoms with Crippen LogP contribution in [0.3, 0.4) is 0 Å². The van der Waals surface area contributed by atoms with Gasteiger partial charge in [0.1, 0.15) is 23.9 Å². The number of aromatic nitrogens is 3. The molecule has 1 aromatic carbocycles. The average molecular weight is 354 g/mol. The number of carbonyl (C=O) groups excluding carboxylic acids is 1. The zero-order chi connectivity index (χ0) is 18.5. The van der Waals surface area contributed by atoms with Crippen LogP contribution in [0.15, 0.2) is 59.5 Å². The minimum absolute atomic E-state index is 0.278. The molecule has 0 unspecified atom stereocenters. The summed E-state index contributed by atoms with van der Waals surface area (Å²) < 4.78 is 19.5. The largest absolute Gasteiger partial charge is 0.496 e. The second-order valence-corrected chi connectivity index (χ2v) is 5.32. The van der Waals surface area contributed by atoms with Gasteiger partial charge in [-0.1, -0.05) is 6.07 Å². The molecule has 1 amide bonds. The van der Waals surface area contributed by atoms with Gasteiger partial charge in [0.2, 0.25) is 5.91 Å². The molecule has 0 fully saturated rings. The molecule has 3 aromatic rings. The maximum absolute atomic E-state index is 13.4. The number of carbonyl (C=O) groups is 1. The molecular formula is C18H15FN4O3. The Labute approximate surface area is 148 Å². The van der Waals surface area contributed by atoms with Crippen LogP contribution in [0.5, 0.6) is 5.75 Å². The molecule has 0 spiro atoms. The molecule has 7 nitrogen and oxygen atoms in total. The van der Waals surface area contributed by atoms with Gasteiger partial charge in [-0.2, -0.15) is 5.10 Å². The Morgan fingerprint density at radius 3 is 2.81 bits per heavy atom. The number of nitrogens with zero attached hydrogens (tertiary/aromatic N) is 3. The predicted molar refractivity (Wildman–Crippen MR) is 93.3 cm³/mol. The molecule has 0 aliphatic carbocycles. The lowest BCUT2D eigenvalue weighted by Crippen LogP contribution is -2.29. The summed E-state index contributed by atoms with van der Waals surface area (Å²) in [5.74, 6) is -0.238.